The minimum Gasteiger partial charge on any atom is -0.324 e. The highest BCUT2D eigenvalue weighted by Gasteiger charge is 2.16. The first-order valence-corrected chi connectivity index (χ1v) is 10.3. The molecular weight excluding hydrogens is 332 g/mol. The summed E-state index contributed by atoms with van der Waals surface area (Å²) in [5.41, 5.74) is 5.95. The number of hydrogen-bond acceptors (Lipinski definition) is 4. The molecule has 2 unspecified atom stereocenters. The van der Waals surface area contributed by atoms with E-state index < -0.39 is 0 Å². The van der Waals surface area contributed by atoms with Crippen LogP contribution in [0.4, 0.5) is 11.6 Å². The first-order valence-electron chi connectivity index (χ1n) is 10.3. The minimum absolute atomic E-state index is 0.690. The molecule has 1 aromatic carbocycles. The van der Waals surface area contributed by atoms with E-state index in [0.717, 1.165) is 42.5 Å². The Bertz CT molecular complexity index is 698. The number of hydrogen-bond donors (Lipinski definition) is 2. The van der Waals surface area contributed by atoms with Gasteiger partial charge in [0.25, 0.3) is 0 Å². The van der Waals surface area contributed by atoms with E-state index in [0.29, 0.717) is 5.95 Å². The van der Waals surface area contributed by atoms with Crippen molar-refractivity contribution in [2.75, 3.05) is 18.4 Å². The van der Waals surface area contributed by atoms with Gasteiger partial charge in [0.1, 0.15) is 0 Å². The van der Waals surface area contributed by atoms with Crippen molar-refractivity contribution < 1.29 is 0 Å². The van der Waals surface area contributed by atoms with Gasteiger partial charge in [-0.25, -0.2) is 9.97 Å². The predicted molar refractivity (Wildman–Crippen MR) is 116 cm³/mol. The third kappa shape index (κ3) is 6.62. The van der Waals surface area contributed by atoms with Crippen LogP contribution in [-0.2, 0) is 12.8 Å². The van der Waals surface area contributed by atoms with E-state index in [1.165, 1.54) is 29.8 Å². The molecule has 0 amide bonds. The zero-order valence-electron chi connectivity index (χ0n) is 17.9. The molecule has 1 aliphatic rings. The van der Waals surface area contributed by atoms with E-state index in [9.17, 15) is 0 Å². The first-order chi connectivity index (χ1) is 12.9. The smallest absolute Gasteiger partial charge is 0.227 e. The first kappa shape index (κ1) is 21.4. The fraction of sp³-hybridized carbons (Fsp3) is 0.565. The van der Waals surface area contributed by atoms with Crippen molar-refractivity contribution >= 4 is 11.6 Å². The second-order valence-electron chi connectivity index (χ2n) is 7.88. The third-order valence-electron chi connectivity index (χ3n) is 5.20. The summed E-state index contributed by atoms with van der Waals surface area (Å²) in [6.45, 7) is 15.6. The lowest BCUT2D eigenvalue weighted by atomic mass is 10.0. The van der Waals surface area contributed by atoms with Gasteiger partial charge < -0.3 is 10.6 Å². The Labute approximate surface area is 165 Å². The Kier molecular flexibility index (Phi) is 8.23. The number of rotatable bonds is 5. The summed E-state index contributed by atoms with van der Waals surface area (Å²) in [6, 6.07) is 6.39. The summed E-state index contributed by atoms with van der Waals surface area (Å²) in [5, 5.41) is 6.64. The molecule has 148 valence electrons. The van der Waals surface area contributed by atoms with Crippen molar-refractivity contribution in [1.82, 2.24) is 15.3 Å². The van der Waals surface area contributed by atoms with Gasteiger partial charge >= 0.3 is 0 Å². The van der Waals surface area contributed by atoms with Crippen LogP contribution in [-0.4, -0.2) is 23.1 Å². The highest BCUT2D eigenvalue weighted by atomic mass is 15.1. The Morgan fingerprint density at radius 2 is 1.67 bits per heavy atom. The zero-order valence-corrected chi connectivity index (χ0v) is 17.9. The number of aromatic nitrogens is 2. The van der Waals surface area contributed by atoms with E-state index in [1.54, 1.807) is 0 Å². The number of nitrogens with zero attached hydrogens (tertiary/aromatic N) is 2. The monoisotopic (exact) mass is 368 g/mol. The lowest BCUT2D eigenvalue weighted by Gasteiger charge is -2.10. The summed E-state index contributed by atoms with van der Waals surface area (Å²) in [4.78, 5) is 9.09. The van der Waals surface area contributed by atoms with Crippen molar-refractivity contribution in [2.24, 2.45) is 11.8 Å². The second kappa shape index (κ2) is 10.4. The summed E-state index contributed by atoms with van der Waals surface area (Å²) in [6.07, 6.45) is 5.04. The van der Waals surface area contributed by atoms with E-state index in [2.05, 4.69) is 80.3 Å². The van der Waals surface area contributed by atoms with Crippen LogP contribution in [0.25, 0.3) is 0 Å². The molecule has 1 saturated heterocycles. The molecule has 1 fully saturated rings. The quantitative estimate of drug-likeness (QED) is 0.760. The maximum absolute atomic E-state index is 4.67. The molecule has 2 atom stereocenters. The Morgan fingerprint density at radius 1 is 1.04 bits per heavy atom. The predicted octanol–water partition coefficient (Wildman–Crippen LogP) is 5.21. The van der Waals surface area contributed by atoms with Crippen molar-refractivity contribution in [1.29, 1.82) is 0 Å². The molecule has 1 aliphatic heterocycles. The molecule has 0 aliphatic carbocycles. The van der Waals surface area contributed by atoms with E-state index >= 15 is 0 Å². The van der Waals surface area contributed by atoms with E-state index in [1.807, 2.05) is 6.20 Å². The van der Waals surface area contributed by atoms with Gasteiger partial charge in [-0.15, -0.1) is 0 Å². The summed E-state index contributed by atoms with van der Waals surface area (Å²) < 4.78 is 0. The highest BCUT2D eigenvalue weighted by molar-refractivity contribution is 5.56. The van der Waals surface area contributed by atoms with Crippen molar-refractivity contribution in [3.05, 3.63) is 46.8 Å². The van der Waals surface area contributed by atoms with Gasteiger partial charge in [-0.3, -0.25) is 0 Å². The zero-order chi connectivity index (χ0) is 19.8. The van der Waals surface area contributed by atoms with Gasteiger partial charge in [0, 0.05) is 17.6 Å². The van der Waals surface area contributed by atoms with Gasteiger partial charge in [0.15, 0.2) is 0 Å². The van der Waals surface area contributed by atoms with Crippen LogP contribution in [0.15, 0.2) is 24.4 Å². The standard InChI is InChI=1S/C17H23N3.C6H13N/c1-5-7-16-14(6-2)11-18-17(20-16)19-15-9-12(3)8-13(4)10-15;1-5-3-7-4-6(5)2/h8-11H,5-7H2,1-4H3,(H,18,19,20);5-7H,3-4H2,1-2H3. The number of anilines is 2. The fourth-order valence-electron chi connectivity index (χ4n) is 3.37. The Hall–Kier alpha value is -1.94. The third-order valence-corrected chi connectivity index (χ3v) is 5.20. The molecule has 4 heteroatoms. The maximum Gasteiger partial charge on any atom is 0.227 e. The van der Waals surface area contributed by atoms with Gasteiger partial charge in [-0.1, -0.05) is 40.2 Å². The van der Waals surface area contributed by atoms with Gasteiger partial charge in [0.05, 0.1) is 0 Å². The van der Waals surface area contributed by atoms with Crippen LogP contribution in [0, 0.1) is 25.7 Å². The Morgan fingerprint density at radius 3 is 2.15 bits per heavy atom. The molecule has 0 saturated carbocycles. The van der Waals surface area contributed by atoms with Gasteiger partial charge in [-0.2, -0.15) is 0 Å². The number of aryl methyl sites for hydroxylation is 4. The molecule has 3 rings (SSSR count). The summed E-state index contributed by atoms with van der Waals surface area (Å²) in [5.74, 6) is 2.50. The molecule has 1 aromatic heterocycles. The second-order valence-corrected chi connectivity index (χ2v) is 7.88. The van der Waals surface area contributed by atoms with Crippen LogP contribution in [0.5, 0.6) is 0 Å². The molecule has 0 bridgehead atoms. The van der Waals surface area contributed by atoms with Crippen LogP contribution in [0.2, 0.25) is 0 Å². The van der Waals surface area contributed by atoms with Gasteiger partial charge in [0.2, 0.25) is 5.95 Å². The topological polar surface area (TPSA) is 49.8 Å². The summed E-state index contributed by atoms with van der Waals surface area (Å²) in [7, 11) is 0. The molecule has 2 heterocycles. The lowest BCUT2D eigenvalue weighted by Crippen LogP contribution is -2.06. The lowest BCUT2D eigenvalue weighted by molar-refractivity contribution is 0.494. The molecule has 27 heavy (non-hydrogen) atoms. The van der Waals surface area contributed by atoms with Crippen molar-refractivity contribution in [3.63, 3.8) is 0 Å². The Balaban J connectivity index is 0.000000313. The van der Waals surface area contributed by atoms with Crippen LogP contribution < -0.4 is 10.6 Å². The van der Waals surface area contributed by atoms with Crippen molar-refractivity contribution in [3.8, 4) is 0 Å². The normalized spacial score (nSPS) is 18.7. The molecule has 4 nitrogen and oxygen atoms in total. The van der Waals surface area contributed by atoms with E-state index in [4.69, 9.17) is 0 Å². The molecule has 2 N–H and O–H groups in total. The SMILES string of the molecule is CC1CNCC1C.CCCc1nc(Nc2cc(C)cc(C)c2)ncc1CC. The average molecular weight is 369 g/mol. The molecular formula is C23H36N4. The van der Waals surface area contributed by atoms with E-state index in [-0.39, 0.29) is 0 Å². The van der Waals surface area contributed by atoms with Crippen LogP contribution in [0.1, 0.15) is 56.5 Å². The molecule has 0 radical (unpaired) electrons. The summed E-state index contributed by atoms with van der Waals surface area (Å²) >= 11 is 0. The highest BCUT2D eigenvalue weighted by Crippen LogP contribution is 2.19. The minimum atomic E-state index is 0.690. The van der Waals surface area contributed by atoms with Crippen LogP contribution in [0.3, 0.4) is 0 Å². The number of benzene rings is 1. The maximum atomic E-state index is 4.67. The number of nitrogens with one attached hydrogen (secondary N) is 2. The molecule has 0 spiro atoms. The van der Waals surface area contributed by atoms with Crippen LogP contribution >= 0.6 is 0 Å². The largest absolute Gasteiger partial charge is 0.324 e. The van der Waals surface area contributed by atoms with Gasteiger partial charge in [-0.05, 0) is 80.4 Å². The van der Waals surface area contributed by atoms with Crippen molar-refractivity contribution in [2.45, 2.75) is 60.8 Å². The molecule has 2 aromatic rings. The average Bonchev–Trinajstić information content (AvgIpc) is 2.98. The fourth-order valence-corrected chi connectivity index (χ4v) is 3.37.